The molecule has 1 aliphatic rings. The first-order chi connectivity index (χ1) is 20.1. The molecule has 0 atom stereocenters. The van der Waals surface area contributed by atoms with Gasteiger partial charge in [-0.15, -0.1) is 0 Å². The highest BCUT2D eigenvalue weighted by Crippen LogP contribution is 2.10. The summed E-state index contributed by atoms with van der Waals surface area (Å²) in [4.78, 5) is 35.6. The lowest BCUT2D eigenvalue weighted by Crippen LogP contribution is -2.33. The molecular formula is C30H53NO10. The van der Waals surface area contributed by atoms with Crippen molar-refractivity contribution in [2.24, 2.45) is 0 Å². The summed E-state index contributed by atoms with van der Waals surface area (Å²) < 4.78 is 37.7. The van der Waals surface area contributed by atoms with Gasteiger partial charge in [-0.2, -0.15) is 0 Å². The van der Waals surface area contributed by atoms with Crippen molar-refractivity contribution in [2.75, 3.05) is 92.4 Å². The summed E-state index contributed by atoms with van der Waals surface area (Å²) in [6.07, 6.45) is 14.1. The lowest BCUT2D eigenvalue weighted by Gasteiger charge is -2.13. The first-order valence-corrected chi connectivity index (χ1v) is 15.3. The van der Waals surface area contributed by atoms with Crippen LogP contribution < -0.4 is 0 Å². The molecule has 11 heteroatoms. The Bertz CT molecular complexity index is 670. The number of carbonyl (C=O) groups excluding carboxylic acids is 3. The number of imide groups is 1. The van der Waals surface area contributed by atoms with Crippen LogP contribution in [-0.4, -0.2) is 115 Å². The number of hydrogen-bond acceptors (Lipinski definition) is 10. The van der Waals surface area contributed by atoms with Crippen LogP contribution in [0.15, 0.2) is 12.2 Å². The average molecular weight is 588 g/mol. The van der Waals surface area contributed by atoms with Crippen LogP contribution in [0.3, 0.4) is 0 Å². The standard InChI is InChI=1S/C30H53NO10/c1-2-3-4-5-6-7-8-9-10-11-30(34)41-27-26-40-25-24-39-23-22-38-21-20-37-19-18-36-17-16-35-15-14-31-28(32)12-13-29(31)33/h12-13H,2-11,14-27H2,1H3. The largest absolute Gasteiger partial charge is 0.463 e. The van der Waals surface area contributed by atoms with Crippen molar-refractivity contribution in [3.63, 3.8) is 0 Å². The molecule has 1 aliphatic heterocycles. The lowest BCUT2D eigenvalue weighted by atomic mass is 10.1. The van der Waals surface area contributed by atoms with Crippen molar-refractivity contribution in [3.8, 4) is 0 Å². The number of amides is 2. The first kappa shape index (κ1) is 37.1. The van der Waals surface area contributed by atoms with Gasteiger partial charge < -0.3 is 33.2 Å². The van der Waals surface area contributed by atoms with Crippen molar-refractivity contribution in [3.05, 3.63) is 12.2 Å². The number of nitrogens with zero attached hydrogens (tertiary/aromatic N) is 1. The summed E-state index contributed by atoms with van der Waals surface area (Å²) in [6.45, 7) is 7.86. The lowest BCUT2D eigenvalue weighted by molar-refractivity contribution is -0.145. The second-order valence-corrected chi connectivity index (χ2v) is 9.63. The third kappa shape index (κ3) is 23.4. The molecule has 0 saturated carbocycles. The van der Waals surface area contributed by atoms with E-state index in [1.807, 2.05) is 0 Å². The van der Waals surface area contributed by atoms with E-state index >= 15 is 0 Å². The quantitative estimate of drug-likeness (QED) is 0.0678. The Morgan fingerprint density at radius 2 is 0.902 bits per heavy atom. The molecule has 1 heterocycles. The molecule has 41 heavy (non-hydrogen) atoms. The van der Waals surface area contributed by atoms with E-state index in [-0.39, 0.29) is 37.5 Å². The highest BCUT2D eigenvalue weighted by atomic mass is 16.6. The fraction of sp³-hybridized carbons (Fsp3) is 0.833. The highest BCUT2D eigenvalue weighted by Gasteiger charge is 2.22. The number of unbranched alkanes of at least 4 members (excludes halogenated alkanes) is 8. The Labute approximate surface area is 246 Å². The summed E-state index contributed by atoms with van der Waals surface area (Å²) in [5.74, 6) is -0.756. The van der Waals surface area contributed by atoms with E-state index in [1.165, 1.54) is 57.1 Å². The van der Waals surface area contributed by atoms with Crippen LogP contribution in [0.5, 0.6) is 0 Å². The van der Waals surface area contributed by atoms with Crippen molar-refractivity contribution < 1.29 is 47.5 Å². The third-order valence-electron chi connectivity index (χ3n) is 6.19. The van der Waals surface area contributed by atoms with E-state index in [0.29, 0.717) is 79.1 Å². The molecule has 0 aromatic carbocycles. The van der Waals surface area contributed by atoms with Gasteiger partial charge in [0.2, 0.25) is 0 Å². The number of carbonyl (C=O) groups is 3. The Balaban J connectivity index is 1.68. The van der Waals surface area contributed by atoms with Gasteiger partial charge in [-0.25, -0.2) is 0 Å². The molecule has 0 spiro atoms. The summed E-state index contributed by atoms with van der Waals surface area (Å²) >= 11 is 0. The molecule has 0 unspecified atom stereocenters. The van der Waals surface area contributed by atoms with Gasteiger partial charge in [0.15, 0.2) is 0 Å². The van der Waals surface area contributed by atoms with E-state index in [9.17, 15) is 14.4 Å². The van der Waals surface area contributed by atoms with E-state index in [4.69, 9.17) is 33.2 Å². The van der Waals surface area contributed by atoms with E-state index in [2.05, 4.69) is 6.92 Å². The van der Waals surface area contributed by atoms with Gasteiger partial charge in [0.25, 0.3) is 11.8 Å². The maximum atomic E-state index is 11.7. The van der Waals surface area contributed by atoms with Gasteiger partial charge in [0.1, 0.15) is 6.61 Å². The minimum absolute atomic E-state index is 0.145. The zero-order valence-electron chi connectivity index (χ0n) is 25.2. The summed E-state index contributed by atoms with van der Waals surface area (Å²) in [6, 6.07) is 0. The minimum atomic E-state index is -0.305. The van der Waals surface area contributed by atoms with Gasteiger partial charge in [0, 0.05) is 18.6 Å². The molecule has 0 aromatic heterocycles. The number of esters is 1. The predicted molar refractivity (Wildman–Crippen MR) is 154 cm³/mol. The maximum absolute atomic E-state index is 11.7. The molecule has 0 radical (unpaired) electrons. The molecule has 1 rings (SSSR count). The van der Waals surface area contributed by atoms with Gasteiger partial charge >= 0.3 is 5.97 Å². The van der Waals surface area contributed by atoms with Crippen LogP contribution in [0.2, 0.25) is 0 Å². The predicted octanol–water partition coefficient (Wildman–Crippen LogP) is 3.48. The van der Waals surface area contributed by atoms with E-state index in [1.54, 1.807) is 0 Å². The monoisotopic (exact) mass is 587 g/mol. The van der Waals surface area contributed by atoms with Crippen LogP contribution in [-0.2, 0) is 47.5 Å². The van der Waals surface area contributed by atoms with Gasteiger partial charge in [-0.05, 0) is 6.42 Å². The zero-order chi connectivity index (χ0) is 29.6. The normalized spacial score (nSPS) is 13.0. The topological polar surface area (TPSA) is 119 Å². The van der Waals surface area contributed by atoms with Gasteiger partial charge in [-0.1, -0.05) is 58.3 Å². The molecule has 0 aliphatic carbocycles. The summed E-state index contributed by atoms with van der Waals surface area (Å²) in [7, 11) is 0. The SMILES string of the molecule is CCCCCCCCCCCC(=O)OCCOCCOCCOCCOCCOCCOCCN1C(=O)C=CC1=O. The fourth-order valence-corrected chi connectivity index (χ4v) is 3.88. The Kier molecular flexibility index (Phi) is 25.6. The molecule has 0 bridgehead atoms. The molecule has 0 fully saturated rings. The second-order valence-electron chi connectivity index (χ2n) is 9.63. The highest BCUT2D eigenvalue weighted by molar-refractivity contribution is 6.12. The average Bonchev–Trinajstić information content (AvgIpc) is 3.29. The molecule has 0 aromatic rings. The van der Waals surface area contributed by atoms with Crippen LogP contribution >= 0.6 is 0 Å². The molecule has 0 N–H and O–H groups in total. The van der Waals surface area contributed by atoms with E-state index in [0.717, 1.165) is 17.7 Å². The fourth-order valence-electron chi connectivity index (χ4n) is 3.88. The molecule has 0 saturated heterocycles. The Hall–Kier alpha value is -1.89. The van der Waals surface area contributed by atoms with Crippen LogP contribution in [0.1, 0.15) is 71.1 Å². The molecule has 11 nitrogen and oxygen atoms in total. The first-order valence-electron chi connectivity index (χ1n) is 15.3. The van der Waals surface area contributed by atoms with E-state index < -0.39 is 0 Å². The van der Waals surface area contributed by atoms with Crippen molar-refractivity contribution >= 4 is 17.8 Å². The molecular weight excluding hydrogens is 534 g/mol. The Morgan fingerprint density at radius 3 is 1.34 bits per heavy atom. The number of hydrogen-bond donors (Lipinski definition) is 0. The van der Waals surface area contributed by atoms with Crippen molar-refractivity contribution in [1.82, 2.24) is 4.90 Å². The minimum Gasteiger partial charge on any atom is -0.463 e. The van der Waals surface area contributed by atoms with Crippen LogP contribution in [0.25, 0.3) is 0 Å². The third-order valence-corrected chi connectivity index (χ3v) is 6.19. The van der Waals surface area contributed by atoms with Crippen molar-refractivity contribution in [2.45, 2.75) is 71.1 Å². The number of rotatable bonds is 31. The number of ether oxygens (including phenoxy) is 7. The second kappa shape index (κ2) is 28.2. The van der Waals surface area contributed by atoms with Gasteiger partial charge in [-0.3, -0.25) is 19.3 Å². The smallest absolute Gasteiger partial charge is 0.305 e. The zero-order valence-corrected chi connectivity index (χ0v) is 25.2. The summed E-state index contributed by atoms with van der Waals surface area (Å²) in [5, 5.41) is 0. The van der Waals surface area contributed by atoms with Crippen LogP contribution in [0, 0.1) is 0 Å². The molecule has 2 amide bonds. The molecule has 238 valence electrons. The summed E-state index contributed by atoms with van der Waals surface area (Å²) in [5.41, 5.74) is 0. The maximum Gasteiger partial charge on any atom is 0.305 e. The Morgan fingerprint density at radius 1 is 0.537 bits per heavy atom. The van der Waals surface area contributed by atoms with Gasteiger partial charge in [0.05, 0.1) is 85.8 Å². The van der Waals surface area contributed by atoms with Crippen molar-refractivity contribution in [1.29, 1.82) is 0 Å². The van der Waals surface area contributed by atoms with Crippen LogP contribution in [0.4, 0.5) is 0 Å².